The maximum Gasteiger partial charge on any atom is 0.108 e. The highest BCUT2D eigenvalue weighted by molar-refractivity contribution is 9.10. The molecule has 74 valence electrons. The molecule has 0 saturated heterocycles. The zero-order valence-electron chi connectivity index (χ0n) is 7.83. The first-order chi connectivity index (χ1) is 6.72. The minimum atomic E-state index is 0.433. The molecule has 2 rings (SSSR count). The van der Waals surface area contributed by atoms with Gasteiger partial charge in [-0.2, -0.15) is 0 Å². The predicted octanol–water partition coefficient (Wildman–Crippen LogP) is 2.33. The van der Waals surface area contributed by atoms with Crippen LogP contribution >= 0.6 is 15.9 Å². The summed E-state index contributed by atoms with van der Waals surface area (Å²) in [5, 5.41) is 1.20. The number of fused-ring (bicyclic) bond motifs is 1. The van der Waals surface area contributed by atoms with Gasteiger partial charge in [-0.3, -0.25) is 4.84 Å². The van der Waals surface area contributed by atoms with Gasteiger partial charge >= 0.3 is 0 Å². The van der Waals surface area contributed by atoms with Gasteiger partial charge in [0, 0.05) is 28.1 Å². The zero-order valence-corrected chi connectivity index (χ0v) is 9.41. The predicted molar refractivity (Wildman–Crippen MR) is 59.6 cm³/mol. The topological polar surface area (TPSA) is 40.2 Å². The van der Waals surface area contributed by atoms with Crippen LogP contribution in [0.3, 0.4) is 0 Å². The van der Waals surface area contributed by atoms with Crippen LogP contribution in [0, 0.1) is 0 Å². The first kappa shape index (κ1) is 9.71. The monoisotopic (exact) mass is 254 g/mol. The fraction of sp³-hybridized carbons (Fsp3) is 0.200. The van der Waals surface area contributed by atoms with Crippen LogP contribution in [0.5, 0.6) is 0 Å². The van der Waals surface area contributed by atoms with Gasteiger partial charge in [-0.05, 0) is 18.2 Å². The maximum atomic E-state index is 5.06. The van der Waals surface area contributed by atoms with E-state index in [0.717, 1.165) is 10.2 Å². The second-order valence-electron chi connectivity index (χ2n) is 3.21. The molecule has 0 fully saturated rings. The van der Waals surface area contributed by atoms with E-state index in [-0.39, 0.29) is 0 Å². The van der Waals surface area contributed by atoms with Crippen LogP contribution in [-0.2, 0) is 18.5 Å². The lowest BCUT2D eigenvalue weighted by atomic mass is 10.2. The van der Waals surface area contributed by atoms with Gasteiger partial charge in [-0.25, -0.2) is 5.90 Å². The van der Waals surface area contributed by atoms with Crippen molar-refractivity contribution < 1.29 is 4.84 Å². The molecule has 14 heavy (non-hydrogen) atoms. The second-order valence-corrected chi connectivity index (χ2v) is 4.12. The van der Waals surface area contributed by atoms with Crippen molar-refractivity contribution in [3.63, 3.8) is 0 Å². The van der Waals surface area contributed by atoms with Crippen molar-refractivity contribution in [1.29, 1.82) is 0 Å². The summed E-state index contributed by atoms with van der Waals surface area (Å²) >= 11 is 3.45. The van der Waals surface area contributed by atoms with Crippen LogP contribution in [0.25, 0.3) is 10.9 Å². The Morgan fingerprint density at radius 2 is 2.21 bits per heavy atom. The van der Waals surface area contributed by atoms with Crippen LogP contribution in [-0.4, -0.2) is 4.57 Å². The first-order valence-electron chi connectivity index (χ1n) is 4.28. The van der Waals surface area contributed by atoms with Gasteiger partial charge in [0.1, 0.15) is 6.61 Å². The molecule has 0 aliphatic carbocycles. The molecule has 1 aromatic carbocycles. The fourth-order valence-electron chi connectivity index (χ4n) is 1.58. The standard InChI is InChI=1S/C10H11BrN2O/c1-13-9(6-14-12)4-7-2-3-8(11)5-10(7)13/h2-5H,6,12H2,1H3. The van der Waals surface area contributed by atoms with Gasteiger partial charge < -0.3 is 4.57 Å². The van der Waals surface area contributed by atoms with Crippen molar-refractivity contribution in [2.45, 2.75) is 6.61 Å². The van der Waals surface area contributed by atoms with Gasteiger partial charge in [-0.1, -0.05) is 22.0 Å². The Bertz CT molecular complexity index is 464. The van der Waals surface area contributed by atoms with E-state index < -0.39 is 0 Å². The summed E-state index contributed by atoms with van der Waals surface area (Å²) in [4.78, 5) is 4.64. The smallest absolute Gasteiger partial charge is 0.108 e. The molecule has 0 amide bonds. The number of aryl methyl sites for hydroxylation is 1. The van der Waals surface area contributed by atoms with E-state index in [1.807, 2.05) is 13.1 Å². The lowest BCUT2D eigenvalue weighted by Gasteiger charge is -2.01. The summed E-state index contributed by atoms with van der Waals surface area (Å²) in [7, 11) is 2.00. The molecule has 4 heteroatoms. The molecule has 1 aromatic heterocycles. The molecule has 2 aromatic rings. The van der Waals surface area contributed by atoms with Crippen LogP contribution in [0.4, 0.5) is 0 Å². The normalized spacial score (nSPS) is 11.1. The second kappa shape index (κ2) is 3.73. The molecule has 0 bridgehead atoms. The molecule has 0 spiro atoms. The number of rotatable bonds is 2. The van der Waals surface area contributed by atoms with Crippen molar-refractivity contribution in [2.75, 3.05) is 0 Å². The summed E-state index contributed by atoms with van der Waals surface area (Å²) in [6.45, 7) is 0.433. The third kappa shape index (κ3) is 1.56. The molecule has 0 aliphatic rings. The summed E-state index contributed by atoms with van der Waals surface area (Å²) < 4.78 is 3.15. The van der Waals surface area contributed by atoms with Crippen molar-refractivity contribution in [2.24, 2.45) is 12.9 Å². The number of hydrogen-bond acceptors (Lipinski definition) is 2. The Labute approximate surface area is 90.5 Å². The van der Waals surface area contributed by atoms with E-state index in [4.69, 9.17) is 5.90 Å². The van der Waals surface area contributed by atoms with Crippen molar-refractivity contribution in [3.05, 3.63) is 34.4 Å². The summed E-state index contributed by atoms with van der Waals surface area (Å²) in [5.41, 5.74) is 2.24. The van der Waals surface area contributed by atoms with E-state index in [9.17, 15) is 0 Å². The lowest BCUT2D eigenvalue weighted by molar-refractivity contribution is 0.119. The van der Waals surface area contributed by atoms with Gasteiger partial charge in [0.05, 0.1) is 0 Å². The number of halogens is 1. The molecule has 0 saturated carbocycles. The highest BCUT2D eigenvalue weighted by atomic mass is 79.9. The van der Waals surface area contributed by atoms with Crippen molar-refractivity contribution in [3.8, 4) is 0 Å². The Morgan fingerprint density at radius 1 is 1.43 bits per heavy atom. The summed E-state index contributed by atoms with van der Waals surface area (Å²) in [6, 6.07) is 8.25. The summed E-state index contributed by atoms with van der Waals surface area (Å²) in [5.74, 6) is 5.06. The molecule has 1 heterocycles. The molecule has 0 aliphatic heterocycles. The number of nitrogens with two attached hydrogens (primary N) is 1. The van der Waals surface area contributed by atoms with Gasteiger partial charge in [-0.15, -0.1) is 0 Å². The Hall–Kier alpha value is -0.840. The van der Waals surface area contributed by atoms with Crippen molar-refractivity contribution in [1.82, 2.24) is 4.57 Å². The number of hydrogen-bond donors (Lipinski definition) is 1. The molecule has 0 unspecified atom stereocenters. The molecule has 0 atom stereocenters. The van der Waals surface area contributed by atoms with Crippen LogP contribution in [0.15, 0.2) is 28.7 Å². The number of benzene rings is 1. The van der Waals surface area contributed by atoms with Crippen LogP contribution < -0.4 is 5.90 Å². The van der Waals surface area contributed by atoms with E-state index in [1.54, 1.807) is 0 Å². The minimum Gasteiger partial charge on any atom is -0.345 e. The minimum absolute atomic E-state index is 0.433. The van der Waals surface area contributed by atoms with Gasteiger partial charge in [0.15, 0.2) is 0 Å². The Morgan fingerprint density at radius 3 is 2.93 bits per heavy atom. The molecular formula is C10H11BrN2O. The van der Waals surface area contributed by atoms with E-state index >= 15 is 0 Å². The molecule has 3 nitrogen and oxygen atoms in total. The van der Waals surface area contributed by atoms with Gasteiger partial charge in [0.2, 0.25) is 0 Å². The Kier molecular flexibility index (Phi) is 2.58. The average Bonchev–Trinajstić information content (AvgIpc) is 2.46. The van der Waals surface area contributed by atoms with Crippen LogP contribution in [0.1, 0.15) is 5.69 Å². The zero-order chi connectivity index (χ0) is 10.1. The SMILES string of the molecule is Cn1c(CON)cc2ccc(Br)cc21. The third-order valence-corrected chi connectivity index (χ3v) is 2.83. The molecular weight excluding hydrogens is 244 g/mol. The fourth-order valence-corrected chi connectivity index (χ4v) is 1.93. The highest BCUT2D eigenvalue weighted by Crippen LogP contribution is 2.22. The molecule has 0 radical (unpaired) electrons. The molecule has 2 N–H and O–H groups in total. The van der Waals surface area contributed by atoms with E-state index in [2.05, 4.69) is 43.5 Å². The first-order valence-corrected chi connectivity index (χ1v) is 5.07. The average molecular weight is 255 g/mol. The Balaban J connectivity index is 2.62. The van der Waals surface area contributed by atoms with Crippen LogP contribution in [0.2, 0.25) is 0 Å². The summed E-state index contributed by atoms with van der Waals surface area (Å²) in [6.07, 6.45) is 0. The number of nitrogens with zero attached hydrogens (tertiary/aromatic N) is 1. The maximum absolute atomic E-state index is 5.06. The largest absolute Gasteiger partial charge is 0.345 e. The van der Waals surface area contributed by atoms with E-state index in [1.165, 1.54) is 10.9 Å². The quantitative estimate of drug-likeness (QED) is 0.836. The number of aromatic nitrogens is 1. The highest BCUT2D eigenvalue weighted by Gasteiger charge is 2.05. The van der Waals surface area contributed by atoms with Crippen molar-refractivity contribution >= 4 is 26.8 Å². The van der Waals surface area contributed by atoms with Gasteiger partial charge in [0.25, 0.3) is 0 Å². The lowest BCUT2D eigenvalue weighted by Crippen LogP contribution is -2.03. The van der Waals surface area contributed by atoms with E-state index in [0.29, 0.717) is 6.61 Å². The third-order valence-electron chi connectivity index (χ3n) is 2.34.